The van der Waals surface area contributed by atoms with Crippen LogP contribution in [0, 0.1) is 0 Å². The van der Waals surface area contributed by atoms with Gasteiger partial charge in [-0.2, -0.15) is 4.80 Å². The van der Waals surface area contributed by atoms with Crippen molar-refractivity contribution in [3.05, 3.63) is 77.9 Å². The van der Waals surface area contributed by atoms with Gasteiger partial charge in [-0.3, -0.25) is 10.1 Å². The molecule has 0 radical (unpaired) electrons. The summed E-state index contributed by atoms with van der Waals surface area (Å²) in [6.45, 7) is 6.27. The summed E-state index contributed by atoms with van der Waals surface area (Å²) in [7, 11) is 0. The van der Waals surface area contributed by atoms with Gasteiger partial charge in [0.15, 0.2) is 5.11 Å². The topological polar surface area (TPSA) is 81.1 Å². The summed E-state index contributed by atoms with van der Waals surface area (Å²) in [5, 5.41) is 15.2. The highest BCUT2D eigenvalue weighted by atomic mass is 32.1. The number of aromatic nitrogens is 3. The molecule has 1 atom stereocenters. The maximum atomic E-state index is 12.6. The third kappa shape index (κ3) is 6.46. The average Bonchev–Trinajstić information content (AvgIpc) is 3.31. The van der Waals surface area contributed by atoms with Gasteiger partial charge in [0.05, 0.1) is 11.8 Å². The van der Waals surface area contributed by atoms with E-state index in [-0.39, 0.29) is 17.1 Å². The average molecular weight is 502 g/mol. The Labute approximate surface area is 216 Å². The first-order chi connectivity index (χ1) is 17.4. The van der Waals surface area contributed by atoms with Crippen molar-refractivity contribution in [2.45, 2.75) is 52.6 Å². The Bertz CT molecular complexity index is 1330. The van der Waals surface area contributed by atoms with Gasteiger partial charge in [-0.1, -0.05) is 32.4 Å². The molecule has 0 fully saturated rings. The van der Waals surface area contributed by atoms with Crippen LogP contribution in [0.25, 0.3) is 16.7 Å². The van der Waals surface area contributed by atoms with Crippen LogP contribution in [0.5, 0.6) is 5.75 Å². The van der Waals surface area contributed by atoms with E-state index in [0.29, 0.717) is 11.3 Å². The molecule has 8 heteroatoms. The van der Waals surface area contributed by atoms with Gasteiger partial charge in [0.25, 0.3) is 5.91 Å². The van der Waals surface area contributed by atoms with Gasteiger partial charge >= 0.3 is 0 Å². The number of nitrogens with one attached hydrogen (secondary N) is 2. The van der Waals surface area contributed by atoms with Gasteiger partial charge in [-0.25, -0.2) is 0 Å². The molecule has 0 aliphatic heterocycles. The SMILES string of the molecule is CCCCc1ccc(-n2nc3ccc(NC(=S)NC(=O)c4ccc(OC(C)CC)cc4)cc3n2)cc1. The Kier molecular flexibility index (Phi) is 8.28. The number of amides is 1. The molecular formula is C28H31N5O2S. The largest absolute Gasteiger partial charge is 0.491 e. The number of unbranched alkanes of at least 4 members (excludes halogenated alkanes) is 1. The molecule has 0 bridgehead atoms. The van der Waals surface area contributed by atoms with E-state index in [4.69, 9.17) is 17.0 Å². The van der Waals surface area contributed by atoms with Gasteiger partial charge in [0.1, 0.15) is 16.8 Å². The third-order valence-corrected chi connectivity index (χ3v) is 6.08. The molecule has 186 valence electrons. The molecule has 3 aromatic carbocycles. The van der Waals surface area contributed by atoms with Crippen LogP contribution in [0.2, 0.25) is 0 Å². The van der Waals surface area contributed by atoms with Crippen LogP contribution < -0.4 is 15.4 Å². The zero-order valence-electron chi connectivity index (χ0n) is 20.8. The lowest BCUT2D eigenvalue weighted by atomic mass is 10.1. The minimum atomic E-state index is -0.294. The zero-order valence-corrected chi connectivity index (χ0v) is 21.6. The summed E-state index contributed by atoms with van der Waals surface area (Å²) in [6, 6.07) is 20.9. The maximum Gasteiger partial charge on any atom is 0.257 e. The number of anilines is 1. The van der Waals surface area contributed by atoms with E-state index in [0.717, 1.165) is 35.3 Å². The van der Waals surface area contributed by atoms with Crippen LogP contribution in [0.1, 0.15) is 56.0 Å². The molecule has 0 spiro atoms. The first-order valence-corrected chi connectivity index (χ1v) is 12.7. The van der Waals surface area contributed by atoms with Crippen molar-refractivity contribution < 1.29 is 9.53 Å². The van der Waals surface area contributed by atoms with Crippen molar-refractivity contribution in [3.8, 4) is 11.4 Å². The second kappa shape index (κ2) is 11.8. The molecule has 0 aliphatic rings. The number of hydrogen-bond acceptors (Lipinski definition) is 5. The van der Waals surface area contributed by atoms with Crippen molar-refractivity contribution in [1.82, 2.24) is 20.3 Å². The first-order valence-electron chi connectivity index (χ1n) is 12.3. The highest BCUT2D eigenvalue weighted by molar-refractivity contribution is 7.80. The number of carbonyl (C=O) groups excluding carboxylic acids is 1. The number of thiocarbonyl (C=S) groups is 1. The lowest BCUT2D eigenvalue weighted by Crippen LogP contribution is -2.34. The van der Waals surface area contributed by atoms with E-state index in [2.05, 4.69) is 46.8 Å². The van der Waals surface area contributed by atoms with E-state index in [1.54, 1.807) is 29.1 Å². The maximum absolute atomic E-state index is 12.6. The van der Waals surface area contributed by atoms with Crippen LogP contribution in [-0.4, -0.2) is 32.1 Å². The van der Waals surface area contributed by atoms with Crippen LogP contribution in [0.3, 0.4) is 0 Å². The predicted molar refractivity (Wildman–Crippen MR) is 148 cm³/mol. The van der Waals surface area contributed by atoms with Gasteiger partial charge in [0, 0.05) is 11.3 Å². The van der Waals surface area contributed by atoms with Crippen molar-refractivity contribution in [1.29, 1.82) is 0 Å². The van der Waals surface area contributed by atoms with Crippen molar-refractivity contribution in [2.24, 2.45) is 0 Å². The van der Waals surface area contributed by atoms with Crippen LogP contribution in [0.15, 0.2) is 66.7 Å². The molecular weight excluding hydrogens is 470 g/mol. The molecule has 36 heavy (non-hydrogen) atoms. The van der Waals surface area contributed by atoms with Crippen molar-refractivity contribution in [3.63, 3.8) is 0 Å². The summed E-state index contributed by atoms with van der Waals surface area (Å²) < 4.78 is 5.76. The number of nitrogens with zero attached hydrogens (tertiary/aromatic N) is 3. The van der Waals surface area contributed by atoms with E-state index in [9.17, 15) is 4.79 Å². The van der Waals surface area contributed by atoms with E-state index in [1.807, 2.05) is 37.3 Å². The lowest BCUT2D eigenvalue weighted by molar-refractivity contribution is 0.0977. The molecule has 7 nitrogen and oxygen atoms in total. The van der Waals surface area contributed by atoms with Crippen LogP contribution >= 0.6 is 12.2 Å². The zero-order chi connectivity index (χ0) is 25.5. The molecule has 1 unspecified atom stereocenters. The molecule has 1 aromatic heterocycles. The van der Waals surface area contributed by atoms with Crippen LogP contribution in [0.4, 0.5) is 5.69 Å². The molecule has 4 rings (SSSR count). The summed E-state index contributed by atoms with van der Waals surface area (Å²) in [5.41, 5.74) is 4.92. The second-order valence-electron chi connectivity index (χ2n) is 8.73. The summed E-state index contributed by atoms with van der Waals surface area (Å²) in [5.74, 6) is 0.437. The van der Waals surface area contributed by atoms with Gasteiger partial charge in [-0.05, 0) is 98.6 Å². The number of hydrogen-bond donors (Lipinski definition) is 2. The fraction of sp³-hybridized carbons (Fsp3) is 0.286. The Morgan fingerprint density at radius 3 is 2.42 bits per heavy atom. The van der Waals surface area contributed by atoms with Crippen molar-refractivity contribution in [2.75, 3.05) is 5.32 Å². The highest BCUT2D eigenvalue weighted by Crippen LogP contribution is 2.19. The Morgan fingerprint density at radius 2 is 1.72 bits per heavy atom. The number of aryl methyl sites for hydroxylation is 1. The predicted octanol–water partition coefficient (Wildman–Crippen LogP) is 6.07. The smallest absolute Gasteiger partial charge is 0.257 e. The first kappa shape index (κ1) is 25.3. The van der Waals surface area contributed by atoms with Gasteiger partial charge in [0.2, 0.25) is 0 Å². The number of fused-ring (bicyclic) bond motifs is 1. The summed E-state index contributed by atoms with van der Waals surface area (Å²) >= 11 is 5.35. The van der Waals surface area contributed by atoms with Gasteiger partial charge < -0.3 is 10.1 Å². The lowest BCUT2D eigenvalue weighted by Gasteiger charge is -2.13. The Morgan fingerprint density at radius 1 is 1.00 bits per heavy atom. The molecule has 4 aromatic rings. The molecule has 2 N–H and O–H groups in total. The molecule has 0 saturated heterocycles. The van der Waals surface area contributed by atoms with Gasteiger partial charge in [-0.15, -0.1) is 10.2 Å². The number of benzene rings is 3. The van der Waals surface area contributed by atoms with Crippen molar-refractivity contribution >= 4 is 40.0 Å². The number of ether oxygens (including phenoxy) is 1. The fourth-order valence-electron chi connectivity index (χ4n) is 3.62. The molecule has 1 amide bonds. The van der Waals surface area contributed by atoms with E-state index >= 15 is 0 Å². The second-order valence-corrected chi connectivity index (χ2v) is 9.14. The Hall–Kier alpha value is -3.78. The number of rotatable bonds is 9. The molecule has 0 aliphatic carbocycles. The standard InChI is InChI=1S/C28H31N5O2S/c1-4-6-7-20-8-13-23(14-9-20)33-31-25-17-12-22(18-26(25)32-33)29-28(36)30-27(34)21-10-15-24(16-11-21)35-19(3)5-2/h8-19H,4-7H2,1-3H3,(H2,29,30,34,36). The monoisotopic (exact) mass is 501 g/mol. The molecule has 1 heterocycles. The highest BCUT2D eigenvalue weighted by Gasteiger charge is 2.11. The summed E-state index contributed by atoms with van der Waals surface area (Å²) in [4.78, 5) is 14.2. The minimum absolute atomic E-state index is 0.122. The Balaban J connectivity index is 1.38. The fourth-order valence-corrected chi connectivity index (χ4v) is 3.83. The number of carbonyl (C=O) groups is 1. The minimum Gasteiger partial charge on any atom is -0.491 e. The normalized spacial score (nSPS) is 11.8. The molecule has 0 saturated carbocycles. The quantitative estimate of drug-likeness (QED) is 0.271. The summed E-state index contributed by atoms with van der Waals surface area (Å²) in [6.07, 6.45) is 4.47. The third-order valence-electron chi connectivity index (χ3n) is 5.88. The van der Waals surface area contributed by atoms with Crippen LogP contribution in [-0.2, 0) is 6.42 Å². The van der Waals surface area contributed by atoms with E-state index < -0.39 is 0 Å². The van der Waals surface area contributed by atoms with E-state index in [1.165, 1.54) is 18.4 Å².